The molecule has 0 spiro atoms. The van der Waals surface area contributed by atoms with Crippen LogP contribution in [0.2, 0.25) is 0 Å². The van der Waals surface area contributed by atoms with Gasteiger partial charge in [0.15, 0.2) is 11.5 Å². The average molecular weight is 531 g/mol. The minimum absolute atomic E-state index is 0.301. The van der Waals surface area contributed by atoms with E-state index in [0.717, 1.165) is 11.1 Å². The van der Waals surface area contributed by atoms with Gasteiger partial charge in [0.1, 0.15) is 23.4 Å². The van der Waals surface area contributed by atoms with Crippen LogP contribution in [0.5, 0.6) is 11.5 Å². The Morgan fingerprint density at radius 2 is 0.974 bits per heavy atom. The van der Waals surface area contributed by atoms with Gasteiger partial charge in [-0.15, -0.1) is 0 Å². The van der Waals surface area contributed by atoms with Gasteiger partial charge >= 0.3 is 6.16 Å². The monoisotopic (exact) mass is 530 g/mol. The topological polar surface area (TPSA) is 72.5 Å². The van der Waals surface area contributed by atoms with Crippen molar-refractivity contribution in [2.45, 2.75) is 117 Å². The molecule has 0 fully saturated rings. The van der Waals surface area contributed by atoms with E-state index in [4.69, 9.17) is 29.0 Å². The number of hydrogen-bond donors (Lipinski definition) is 0. The molecule has 0 radical (unpaired) electrons. The summed E-state index contributed by atoms with van der Waals surface area (Å²) in [5, 5.41) is 0. The van der Waals surface area contributed by atoms with Crippen LogP contribution in [-0.2, 0) is 19.2 Å². The number of ether oxygens (including phenoxy) is 2. The lowest BCUT2D eigenvalue weighted by atomic mass is 10.0. The van der Waals surface area contributed by atoms with Crippen molar-refractivity contribution >= 4 is 6.16 Å². The van der Waals surface area contributed by atoms with Crippen LogP contribution >= 0.6 is 0 Å². The second-order valence-electron chi connectivity index (χ2n) is 11.8. The van der Waals surface area contributed by atoms with Gasteiger partial charge in [-0.3, -0.25) is 0 Å². The lowest BCUT2D eigenvalue weighted by Crippen LogP contribution is -2.35. The Morgan fingerprint density at radius 3 is 1.32 bits per heavy atom. The third-order valence-electron chi connectivity index (χ3n) is 5.95. The van der Waals surface area contributed by atoms with Crippen LogP contribution in [0.3, 0.4) is 0 Å². The van der Waals surface area contributed by atoms with Crippen LogP contribution in [0.25, 0.3) is 0 Å². The maximum Gasteiger partial charge on any atom is 0.508 e. The van der Waals surface area contributed by atoms with E-state index in [0.29, 0.717) is 36.2 Å². The van der Waals surface area contributed by atoms with Gasteiger partial charge in [0.2, 0.25) is 0 Å². The molecule has 2 rings (SSSR count). The fourth-order valence-electron chi connectivity index (χ4n) is 4.27. The van der Waals surface area contributed by atoms with E-state index in [2.05, 4.69) is 27.7 Å². The molecule has 0 bridgehead atoms. The standard InChI is InChI=1S/C31H46O7/c1-21(2)25-15-11-13-17-27(25)35-37-30(7,8)19-23(5)33-29(32)34-24(6)20-31(9,10)38-36-28-18-14-12-16-26(28)22(3)4/h11-18,21-24H,19-20H2,1-10H3. The molecule has 0 aliphatic rings. The summed E-state index contributed by atoms with van der Waals surface area (Å²) < 4.78 is 11.0. The molecule has 0 aliphatic heterocycles. The molecule has 0 amide bonds. The van der Waals surface area contributed by atoms with Gasteiger partial charge in [0, 0.05) is 24.0 Å². The second kappa shape index (κ2) is 13.9. The van der Waals surface area contributed by atoms with E-state index in [1.54, 1.807) is 13.8 Å². The van der Waals surface area contributed by atoms with Crippen LogP contribution in [0, 0.1) is 0 Å². The third kappa shape index (κ3) is 10.5. The summed E-state index contributed by atoms with van der Waals surface area (Å²) in [7, 11) is 0. The summed E-state index contributed by atoms with van der Waals surface area (Å²) >= 11 is 0. The van der Waals surface area contributed by atoms with Gasteiger partial charge in [-0.1, -0.05) is 64.1 Å². The highest BCUT2D eigenvalue weighted by Gasteiger charge is 2.30. The molecule has 2 aromatic rings. The molecule has 38 heavy (non-hydrogen) atoms. The Morgan fingerprint density at radius 1 is 0.632 bits per heavy atom. The number of hydrogen-bond acceptors (Lipinski definition) is 7. The van der Waals surface area contributed by atoms with Crippen LogP contribution in [0.4, 0.5) is 4.79 Å². The quantitative estimate of drug-likeness (QED) is 0.138. The predicted molar refractivity (Wildman–Crippen MR) is 148 cm³/mol. The molecule has 0 heterocycles. The van der Waals surface area contributed by atoms with Crippen molar-refractivity contribution in [1.82, 2.24) is 0 Å². The molecule has 2 aromatic carbocycles. The fourth-order valence-corrected chi connectivity index (χ4v) is 4.27. The SMILES string of the molecule is CC(CC(C)(C)OOc1ccccc1C(C)C)OC(=O)OC(C)CC(C)(C)OOc1ccccc1C(C)C. The van der Waals surface area contributed by atoms with Gasteiger partial charge in [0.25, 0.3) is 0 Å². The van der Waals surface area contributed by atoms with E-state index in [9.17, 15) is 4.79 Å². The van der Waals surface area contributed by atoms with Crippen LogP contribution in [0.1, 0.15) is 105 Å². The smallest absolute Gasteiger partial charge is 0.431 e. The first-order valence-corrected chi connectivity index (χ1v) is 13.5. The highest BCUT2D eigenvalue weighted by atomic mass is 17.2. The van der Waals surface area contributed by atoms with Gasteiger partial charge in [-0.2, -0.15) is 9.78 Å². The Labute approximate surface area is 228 Å². The molecule has 2 atom stereocenters. The van der Waals surface area contributed by atoms with Crippen molar-refractivity contribution < 1.29 is 33.8 Å². The number of carbonyl (C=O) groups excluding carboxylic acids is 1. The van der Waals surface area contributed by atoms with Gasteiger partial charge in [0.05, 0.1) is 0 Å². The lowest BCUT2D eigenvalue weighted by molar-refractivity contribution is -0.288. The Kier molecular flexibility index (Phi) is 11.5. The van der Waals surface area contributed by atoms with Gasteiger partial charge < -0.3 is 19.2 Å². The second-order valence-corrected chi connectivity index (χ2v) is 11.8. The van der Waals surface area contributed by atoms with Crippen molar-refractivity contribution in [2.75, 3.05) is 0 Å². The molecule has 2 unspecified atom stereocenters. The van der Waals surface area contributed by atoms with Crippen molar-refractivity contribution in [3.8, 4) is 11.5 Å². The van der Waals surface area contributed by atoms with Crippen molar-refractivity contribution in [3.63, 3.8) is 0 Å². The summed E-state index contributed by atoms with van der Waals surface area (Å²) in [5.74, 6) is 1.96. The molecule has 0 saturated carbocycles. The molecule has 7 heteroatoms. The van der Waals surface area contributed by atoms with Crippen LogP contribution < -0.4 is 9.78 Å². The number of para-hydroxylation sites is 2. The van der Waals surface area contributed by atoms with E-state index < -0.39 is 29.6 Å². The number of benzene rings is 2. The molecule has 0 N–H and O–H groups in total. The summed E-state index contributed by atoms with van der Waals surface area (Å²) in [6, 6.07) is 15.6. The molecular formula is C31H46O7. The van der Waals surface area contributed by atoms with Crippen LogP contribution in [0.15, 0.2) is 48.5 Å². The number of rotatable bonds is 14. The molecule has 0 aliphatic carbocycles. The highest BCUT2D eigenvalue weighted by molar-refractivity contribution is 5.60. The third-order valence-corrected chi connectivity index (χ3v) is 5.95. The predicted octanol–water partition coefficient (Wildman–Crippen LogP) is 8.52. The first-order chi connectivity index (χ1) is 17.7. The first-order valence-electron chi connectivity index (χ1n) is 13.5. The minimum atomic E-state index is -0.742. The zero-order valence-electron chi connectivity index (χ0n) is 24.7. The lowest BCUT2D eigenvalue weighted by Gasteiger charge is -2.28. The summed E-state index contributed by atoms with van der Waals surface area (Å²) in [6.45, 7) is 19.5. The van der Waals surface area contributed by atoms with Crippen molar-refractivity contribution in [3.05, 3.63) is 59.7 Å². The molecule has 0 saturated heterocycles. The Balaban J connectivity index is 1.80. The van der Waals surface area contributed by atoms with E-state index in [1.165, 1.54) is 0 Å². The molecule has 7 nitrogen and oxygen atoms in total. The molecular weight excluding hydrogens is 484 g/mol. The summed E-state index contributed by atoms with van der Waals surface area (Å²) in [5.41, 5.74) is 0.724. The first kappa shape index (κ1) is 31.4. The van der Waals surface area contributed by atoms with E-state index in [1.807, 2.05) is 76.2 Å². The average Bonchev–Trinajstić information content (AvgIpc) is 2.80. The van der Waals surface area contributed by atoms with E-state index in [-0.39, 0.29) is 0 Å². The van der Waals surface area contributed by atoms with Crippen LogP contribution in [-0.4, -0.2) is 29.6 Å². The van der Waals surface area contributed by atoms with E-state index >= 15 is 0 Å². The van der Waals surface area contributed by atoms with Gasteiger partial charge in [-0.25, -0.2) is 4.79 Å². The number of carbonyl (C=O) groups is 1. The summed E-state index contributed by atoms with van der Waals surface area (Å²) in [6.07, 6.45) is -0.813. The minimum Gasteiger partial charge on any atom is -0.431 e. The van der Waals surface area contributed by atoms with Crippen molar-refractivity contribution in [1.29, 1.82) is 0 Å². The normalized spacial score (nSPS) is 13.8. The Bertz CT molecular complexity index is 933. The Hall–Kier alpha value is -2.77. The maximum atomic E-state index is 12.4. The maximum absolute atomic E-state index is 12.4. The zero-order chi connectivity index (χ0) is 28.5. The fraction of sp³-hybridized carbons (Fsp3) is 0.581. The molecule has 212 valence electrons. The van der Waals surface area contributed by atoms with Crippen molar-refractivity contribution in [2.24, 2.45) is 0 Å². The summed E-state index contributed by atoms with van der Waals surface area (Å²) in [4.78, 5) is 35.2. The highest BCUT2D eigenvalue weighted by Crippen LogP contribution is 2.30. The largest absolute Gasteiger partial charge is 0.508 e. The zero-order valence-corrected chi connectivity index (χ0v) is 24.7. The molecule has 0 aromatic heterocycles. The van der Waals surface area contributed by atoms with Gasteiger partial charge in [-0.05, 0) is 65.5 Å².